The Balaban J connectivity index is 1.42. The number of hydrogen-bond donors (Lipinski definition) is 2. The van der Waals surface area contributed by atoms with Gasteiger partial charge in [0, 0.05) is 18.7 Å². The number of urea groups is 1. The third kappa shape index (κ3) is 4.37. The summed E-state index contributed by atoms with van der Waals surface area (Å²) in [5.41, 5.74) is 3.49. The number of hydrogen-bond acceptors (Lipinski definition) is 4. The molecule has 2 aliphatic rings. The normalized spacial score (nSPS) is 20.3. The minimum absolute atomic E-state index is 0.0196. The summed E-state index contributed by atoms with van der Waals surface area (Å²) in [6.45, 7) is 1.66. The number of sulfonamides is 1. The second-order valence-corrected chi connectivity index (χ2v) is 11.3. The van der Waals surface area contributed by atoms with Crippen molar-refractivity contribution in [3.63, 3.8) is 0 Å². The van der Waals surface area contributed by atoms with Crippen molar-refractivity contribution in [1.29, 1.82) is 0 Å². The molecule has 7 nitrogen and oxygen atoms in total. The van der Waals surface area contributed by atoms with Gasteiger partial charge in [0.15, 0.2) is 0 Å². The monoisotopic (exact) mass is 503 g/mol. The largest absolute Gasteiger partial charge is 0.329 e. The summed E-state index contributed by atoms with van der Waals surface area (Å²) < 4.78 is 27.9. The van der Waals surface area contributed by atoms with Gasteiger partial charge in [-0.05, 0) is 73.1 Å². The first kappa shape index (κ1) is 24.1. The summed E-state index contributed by atoms with van der Waals surface area (Å²) in [4.78, 5) is 28.5. The van der Waals surface area contributed by atoms with Crippen LogP contribution in [0.15, 0.2) is 77.7 Å². The molecule has 0 aromatic heterocycles. The molecule has 3 amide bonds. The number of aryl methyl sites for hydroxylation is 3. The minimum Gasteiger partial charge on any atom is -0.322 e. The van der Waals surface area contributed by atoms with Gasteiger partial charge in [0.25, 0.3) is 15.9 Å². The lowest BCUT2D eigenvalue weighted by molar-refractivity contribution is -0.121. The highest BCUT2D eigenvalue weighted by molar-refractivity contribution is 7.90. The minimum atomic E-state index is -4.11. The molecule has 36 heavy (non-hydrogen) atoms. The van der Waals surface area contributed by atoms with Crippen molar-refractivity contribution in [2.24, 2.45) is 0 Å². The molecule has 2 unspecified atom stereocenters. The molecule has 2 atom stereocenters. The lowest BCUT2D eigenvalue weighted by atomic mass is 10.0. The number of nitrogens with zero attached hydrogens (tertiary/aromatic N) is 1. The zero-order valence-electron chi connectivity index (χ0n) is 20.3. The van der Waals surface area contributed by atoms with Gasteiger partial charge in [0.1, 0.15) is 5.54 Å². The third-order valence-corrected chi connectivity index (χ3v) is 8.76. The predicted molar refractivity (Wildman–Crippen MR) is 138 cm³/mol. The van der Waals surface area contributed by atoms with Crippen molar-refractivity contribution in [3.8, 4) is 0 Å². The van der Waals surface area contributed by atoms with Crippen LogP contribution in [0.2, 0.25) is 0 Å². The maximum Gasteiger partial charge on any atom is 0.329 e. The highest BCUT2D eigenvalue weighted by Gasteiger charge is 2.63. The first-order chi connectivity index (χ1) is 17.2. The fourth-order valence-corrected chi connectivity index (χ4v) is 6.38. The zero-order valence-corrected chi connectivity index (χ0v) is 21.1. The number of benzene rings is 3. The molecule has 3 aromatic rings. The number of anilines is 1. The fraction of sp³-hybridized carbons (Fsp3) is 0.286. The molecule has 1 saturated carbocycles. The van der Waals surface area contributed by atoms with Gasteiger partial charge < -0.3 is 10.2 Å². The Morgan fingerprint density at radius 3 is 2.39 bits per heavy atom. The molecule has 0 heterocycles. The van der Waals surface area contributed by atoms with Gasteiger partial charge in [-0.25, -0.2) is 17.9 Å². The first-order valence-corrected chi connectivity index (χ1v) is 13.5. The van der Waals surface area contributed by atoms with Gasteiger partial charge in [0.2, 0.25) is 0 Å². The number of carbonyl (C=O) groups is 2. The van der Waals surface area contributed by atoms with Crippen molar-refractivity contribution < 1.29 is 18.0 Å². The van der Waals surface area contributed by atoms with Crippen LogP contribution in [-0.2, 0) is 27.7 Å². The molecule has 5 rings (SSSR count). The number of rotatable bonds is 6. The van der Waals surface area contributed by atoms with E-state index >= 15 is 0 Å². The predicted octanol–water partition coefficient (Wildman–Crippen LogP) is 4.06. The summed E-state index contributed by atoms with van der Waals surface area (Å²) >= 11 is 0. The SMILES string of the molecule is Cc1ccccc1S(=O)(=O)NC(=O)NC1(C(=O)N(C)c2ccc3c(c2)CCC3)CC1c1ccccc1. The highest BCUT2D eigenvalue weighted by atomic mass is 32.2. The van der Waals surface area contributed by atoms with Crippen LogP contribution < -0.4 is 14.9 Å². The van der Waals surface area contributed by atoms with Crippen LogP contribution in [0, 0.1) is 6.92 Å². The quantitative estimate of drug-likeness (QED) is 0.530. The molecule has 0 radical (unpaired) electrons. The highest BCUT2D eigenvalue weighted by Crippen LogP contribution is 2.52. The summed E-state index contributed by atoms with van der Waals surface area (Å²) in [7, 11) is -2.41. The van der Waals surface area contributed by atoms with E-state index in [1.54, 1.807) is 37.1 Å². The van der Waals surface area contributed by atoms with E-state index in [0.29, 0.717) is 12.0 Å². The Labute approximate surface area is 211 Å². The maximum absolute atomic E-state index is 13.9. The average Bonchev–Trinajstić information content (AvgIpc) is 3.38. The molecule has 0 saturated heterocycles. The molecular formula is C28H29N3O4S. The van der Waals surface area contributed by atoms with Crippen molar-refractivity contribution in [2.45, 2.75) is 49.0 Å². The molecule has 2 aliphatic carbocycles. The van der Waals surface area contributed by atoms with Crippen LogP contribution >= 0.6 is 0 Å². The summed E-state index contributed by atoms with van der Waals surface area (Å²) in [5.74, 6) is -0.548. The van der Waals surface area contributed by atoms with Crippen molar-refractivity contribution in [3.05, 3.63) is 95.1 Å². The molecule has 0 spiro atoms. The van der Waals surface area contributed by atoms with Crippen LogP contribution in [0.25, 0.3) is 0 Å². The molecule has 2 N–H and O–H groups in total. The molecule has 0 aliphatic heterocycles. The second-order valence-electron chi connectivity index (χ2n) is 9.63. The Kier molecular flexibility index (Phi) is 6.08. The Morgan fingerprint density at radius 2 is 1.64 bits per heavy atom. The zero-order chi connectivity index (χ0) is 25.5. The number of amides is 3. The lowest BCUT2D eigenvalue weighted by Crippen LogP contribution is -2.54. The Hall–Kier alpha value is -3.65. The van der Waals surface area contributed by atoms with Crippen LogP contribution in [0.4, 0.5) is 10.5 Å². The van der Waals surface area contributed by atoms with E-state index in [2.05, 4.69) is 16.1 Å². The van der Waals surface area contributed by atoms with E-state index in [9.17, 15) is 18.0 Å². The molecular weight excluding hydrogens is 474 g/mol. The van der Waals surface area contributed by atoms with E-state index in [1.165, 1.54) is 17.2 Å². The van der Waals surface area contributed by atoms with E-state index < -0.39 is 21.6 Å². The fourth-order valence-electron chi connectivity index (χ4n) is 5.23. The van der Waals surface area contributed by atoms with E-state index in [4.69, 9.17) is 0 Å². The summed E-state index contributed by atoms with van der Waals surface area (Å²) in [5, 5.41) is 2.74. The standard InChI is InChI=1S/C28H29N3O4S/c1-19-9-6-7-14-25(19)36(34,35)30-27(33)29-28(18-24(28)21-10-4-3-5-11-21)26(32)31(2)23-16-15-20-12-8-13-22(20)17-23/h3-7,9-11,14-17,24H,8,12-13,18H2,1-2H3,(H2,29,30,33). The Morgan fingerprint density at radius 1 is 0.944 bits per heavy atom. The topological polar surface area (TPSA) is 95.6 Å². The summed E-state index contributed by atoms with van der Waals surface area (Å²) in [6.07, 6.45) is 3.52. The number of likely N-dealkylation sites (N-methyl/N-ethyl adjacent to an activating group) is 1. The van der Waals surface area contributed by atoms with Crippen LogP contribution in [0.3, 0.4) is 0 Å². The van der Waals surface area contributed by atoms with Gasteiger partial charge >= 0.3 is 6.03 Å². The van der Waals surface area contributed by atoms with E-state index in [1.807, 2.05) is 42.5 Å². The Bertz CT molecular complexity index is 1440. The third-order valence-electron chi connectivity index (χ3n) is 7.27. The molecule has 186 valence electrons. The van der Waals surface area contributed by atoms with Gasteiger partial charge in [-0.15, -0.1) is 0 Å². The van der Waals surface area contributed by atoms with Gasteiger partial charge in [-0.3, -0.25) is 4.79 Å². The van der Waals surface area contributed by atoms with Gasteiger partial charge in [0.05, 0.1) is 4.90 Å². The van der Waals surface area contributed by atoms with Crippen molar-refractivity contribution >= 4 is 27.6 Å². The maximum atomic E-state index is 13.9. The van der Waals surface area contributed by atoms with Crippen LogP contribution in [0.5, 0.6) is 0 Å². The first-order valence-electron chi connectivity index (χ1n) is 12.1. The van der Waals surface area contributed by atoms with Crippen molar-refractivity contribution in [2.75, 3.05) is 11.9 Å². The van der Waals surface area contributed by atoms with Gasteiger partial charge in [-0.2, -0.15) is 0 Å². The smallest absolute Gasteiger partial charge is 0.322 e. The summed E-state index contributed by atoms with van der Waals surface area (Å²) in [6, 6.07) is 21.0. The van der Waals surface area contributed by atoms with Crippen molar-refractivity contribution in [1.82, 2.24) is 10.0 Å². The average molecular weight is 504 g/mol. The number of carbonyl (C=O) groups excluding carboxylic acids is 2. The molecule has 3 aromatic carbocycles. The molecule has 1 fully saturated rings. The van der Waals surface area contributed by atoms with E-state index in [-0.39, 0.29) is 16.7 Å². The van der Waals surface area contributed by atoms with Crippen LogP contribution in [-0.4, -0.2) is 32.9 Å². The molecule has 0 bridgehead atoms. The number of fused-ring (bicyclic) bond motifs is 1. The number of nitrogens with one attached hydrogen (secondary N) is 2. The van der Waals surface area contributed by atoms with Crippen LogP contribution in [0.1, 0.15) is 41.0 Å². The second kappa shape index (κ2) is 9.09. The van der Waals surface area contributed by atoms with E-state index in [0.717, 1.165) is 30.5 Å². The van der Waals surface area contributed by atoms with Gasteiger partial charge in [-0.1, -0.05) is 54.6 Å². The molecule has 8 heteroatoms. The lowest BCUT2D eigenvalue weighted by Gasteiger charge is -2.26.